The van der Waals surface area contributed by atoms with Crippen LogP contribution in [0.4, 0.5) is 22.7 Å². The van der Waals surface area contributed by atoms with E-state index in [0.29, 0.717) is 11.0 Å². The van der Waals surface area contributed by atoms with Crippen molar-refractivity contribution in [2.45, 2.75) is 19.4 Å². The second-order valence-corrected chi connectivity index (χ2v) is 14.7. The number of alkyl halides is 4. The number of amides is 2. The Morgan fingerprint density at radius 3 is 2.10 bits per heavy atom. The first-order valence-electron chi connectivity index (χ1n) is 11.3. The second-order valence-electron chi connectivity index (χ2n) is 8.44. The standard InChI is InChI=1S/C23H20Br4N4O9S2/c1-31(23(34)16(27)10-25)13-3-4-14-11(6-13)7-19(42(38,39)40)20(21(14)32)30-29-17-8-12(28-22(33)15(26)9-24)2-5-18(17)41(35,36)37/h2-8,15-16,32H,9-10H2,1H3,(H,28,33)(H,35,36,37)(H,38,39,40)/t15-,16+/m1/s1. The van der Waals surface area contributed by atoms with Crippen molar-refractivity contribution >= 4 is 129 Å². The molecule has 0 saturated carbocycles. The molecule has 4 N–H and O–H groups in total. The highest BCUT2D eigenvalue weighted by Crippen LogP contribution is 2.43. The van der Waals surface area contributed by atoms with Gasteiger partial charge in [-0.05, 0) is 47.9 Å². The van der Waals surface area contributed by atoms with E-state index in [2.05, 4.69) is 79.3 Å². The summed E-state index contributed by atoms with van der Waals surface area (Å²) in [6.45, 7) is 0. The summed E-state index contributed by atoms with van der Waals surface area (Å²) in [5.41, 5.74) is -0.859. The fourth-order valence-electron chi connectivity index (χ4n) is 3.53. The maximum Gasteiger partial charge on any atom is 0.296 e. The van der Waals surface area contributed by atoms with Crippen LogP contribution in [0.15, 0.2) is 62.5 Å². The Bertz CT molecular complexity index is 1810. The Kier molecular flexibility index (Phi) is 11.3. The zero-order chi connectivity index (χ0) is 31.6. The third-order valence-corrected chi connectivity index (χ3v) is 11.9. The summed E-state index contributed by atoms with van der Waals surface area (Å²) in [5, 5.41) is 21.7. The molecule has 226 valence electrons. The Morgan fingerprint density at radius 2 is 1.52 bits per heavy atom. The van der Waals surface area contributed by atoms with Crippen LogP contribution < -0.4 is 10.2 Å². The van der Waals surface area contributed by atoms with E-state index < -0.39 is 62.7 Å². The number of hydrogen-bond acceptors (Lipinski definition) is 9. The molecular weight excluding hydrogens is 860 g/mol. The van der Waals surface area contributed by atoms with Gasteiger partial charge in [0.25, 0.3) is 20.2 Å². The zero-order valence-electron chi connectivity index (χ0n) is 21.1. The minimum Gasteiger partial charge on any atom is -0.505 e. The maximum absolute atomic E-state index is 12.6. The molecule has 3 rings (SSSR count). The molecule has 0 aromatic heterocycles. The van der Waals surface area contributed by atoms with Gasteiger partial charge in [-0.1, -0.05) is 63.7 Å². The number of rotatable bonds is 10. The molecule has 0 fully saturated rings. The van der Waals surface area contributed by atoms with E-state index in [1.807, 2.05) is 0 Å². The third kappa shape index (κ3) is 7.93. The number of aromatic hydroxyl groups is 1. The monoisotopic (exact) mass is 876 g/mol. The highest BCUT2D eigenvalue weighted by Gasteiger charge is 2.25. The van der Waals surface area contributed by atoms with E-state index in [4.69, 9.17) is 0 Å². The van der Waals surface area contributed by atoms with Gasteiger partial charge in [0.1, 0.15) is 30.8 Å². The van der Waals surface area contributed by atoms with Gasteiger partial charge in [-0.3, -0.25) is 18.7 Å². The zero-order valence-corrected chi connectivity index (χ0v) is 29.0. The number of anilines is 2. The highest BCUT2D eigenvalue weighted by molar-refractivity contribution is 9.12. The van der Waals surface area contributed by atoms with Gasteiger partial charge in [0, 0.05) is 34.5 Å². The number of fused-ring (bicyclic) bond motifs is 1. The number of azo groups is 1. The molecule has 0 aliphatic carbocycles. The number of carbonyl (C=O) groups excluding carboxylic acids is 2. The summed E-state index contributed by atoms with van der Waals surface area (Å²) in [5.74, 6) is -1.55. The first-order chi connectivity index (χ1) is 19.5. The van der Waals surface area contributed by atoms with E-state index >= 15 is 0 Å². The molecule has 3 aromatic carbocycles. The number of nitrogens with one attached hydrogen (secondary N) is 1. The van der Waals surface area contributed by atoms with Crippen LogP contribution in [0.25, 0.3) is 10.8 Å². The lowest BCUT2D eigenvalue weighted by Gasteiger charge is -2.20. The van der Waals surface area contributed by atoms with Crippen LogP contribution in [0.1, 0.15) is 0 Å². The number of phenolic OH excluding ortho intramolecular Hbond substituents is 1. The summed E-state index contributed by atoms with van der Waals surface area (Å²) in [6.07, 6.45) is 0. The highest BCUT2D eigenvalue weighted by atomic mass is 79.9. The van der Waals surface area contributed by atoms with E-state index in [1.165, 1.54) is 36.2 Å². The topological polar surface area (TPSA) is 203 Å². The molecular formula is C23H20Br4N4O9S2. The molecule has 0 aliphatic heterocycles. The summed E-state index contributed by atoms with van der Waals surface area (Å²) in [4.78, 5) is 23.3. The van der Waals surface area contributed by atoms with Crippen LogP contribution in [0.2, 0.25) is 0 Å². The Labute approximate surface area is 273 Å². The fourth-order valence-corrected chi connectivity index (χ4v) is 5.78. The molecule has 42 heavy (non-hydrogen) atoms. The Balaban J connectivity index is 2.18. The quantitative estimate of drug-likeness (QED) is 0.112. The van der Waals surface area contributed by atoms with E-state index in [0.717, 1.165) is 18.2 Å². The molecule has 0 spiro atoms. The summed E-state index contributed by atoms with van der Waals surface area (Å²) >= 11 is 12.7. The van der Waals surface area contributed by atoms with E-state index in [9.17, 15) is 40.6 Å². The van der Waals surface area contributed by atoms with Gasteiger partial charge in [0.2, 0.25) is 11.8 Å². The van der Waals surface area contributed by atoms with Gasteiger partial charge in [0.15, 0.2) is 5.75 Å². The number of halogens is 4. The smallest absolute Gasteiger partial charge is 0.296 e. The largest absolute Gasteiger partial charge is 0.505 e. The van der Waals surface area contributed by atoms with Gasteiger partial charge in [0.05, 0.1) is 0 Å². The summed E-state index contributed by atoms with van der Waals surface area (Å²) in [6, 6.07) is 8.43. The average Bonchev–Trinajstić information content (AvgIpc) is 2.93. The van der Waals surface area contributed by atoms with Crippen molar-refractivity contribution in [1.82, 2.24) is 0 Å². The lowest BCUT2D eigenvalue weighted by atomic mass is 10.1. The van der Waals surface area contributed by atoms with Gasteiger partial charge >= 0.3 is 0 Å². The molecule has 0 bridgehead atoms. The van der Waals surface area contributed by atoms with Crippen molar-refractivity contribution in [1.29, 1.82) is 0 Å². The van der Waals surface area contributed by atoms with Crippen molar-refractivity contribution < 1.29 is 40.6 Å². The predicted octanol–water partition coefficient (Wildman–Crippen LogP) is 5.67. The van der Waals surface area contributed by atoms with E-state index in [-0.39, 0.29) is 27.7 Å². The first-order valence-corrected chi connectivity index (χ1v) is 18.2. The van der Waals surface area contributed by atoms with Crippen LogP contribution in [0.5, 0.6) is 5.75 Å². The Hall–Kier alpha value is -2.00. The molecule has 2 amide bonds. The van der Waals surface area contributed by atoms with Crippen molar-refractivity contribution in [3.05, 3.63) is 42.5 Å². The van der Waals surface area contributed by atoms with Crippen molar-refractivity contribution in [3.63, 3.8) is 0 Å². The number of hydrogen-bond donors (Lipinski definition) is 4. The first kappa shape index (κ1) is 34.5. The van der Waals surface area contributed by atoms with Gasteiger partial charge in [-0.25, -0.2) is 0 Å². The minimum atomic E-state index is -5.04. The number of carbonyl (C=O) groups is 2. The Morgan fingerprint density at radius 1 is 0.905 bits per heavy atom. The fraction of sp³-hybridized carbons (Fsp3) is 0.217. The molecule has 0 heterocycles. The van der Waals surface area contributed by atoms with Crippen molar-refractivity contribution in [3.8, 4) is 5.75 Å². The lowest BCUT2D eigenvalue weighted by Crippen LogP contribution is -2.34. The lowest BCUT2D eigenvalue weighted by molar-refractivity contribution is -0.117. The van der Waals surface area contributed by atoms with Gasteiger partial charge < -0.3 is 15.3 Å². The maximum atomic E-state index is 12.6. The van der Waals surface area contributed by atoms with Crippen LogP contribution in [0.3, 0.4) is 0 Å². The number of phenols is 1. The van der Waals surface area contributed by atoms with Gasteiger partial charge in [-0.2, -0.15) is 16.8 Å². The van der Waals surface area contributed by atoms with E-state index in [1.54, 1.807) is 0 Å². The summed E-state index contributed by atoms with van der Waals surface area (Å²) in [7, 11) is -8.41. The van der Waals surface area contributed by atoms with Crippen LogP contribution in [-0.2, 0) is 29.8 Å². The number of benzene rings is 3. The average molecular weight is 880 g/mol. The third-order valence-electron chi connectivity index (χ3n) is 5.62. The molecule has 13 nitrogen and oxygen atoms in total. The summed E-state index contributed by atoms with van der Waals surface area (Å²) < 4.78 is 68.0. The molecule has 19 heteroatoms. The van der Waals surface area contributed by atoms with Crippen molar-refractivity contribution in [2.75, 3.05) is 27.9 Å². The predicted molar refractivity (Wildman–Crippen MR) is 171 cm³/mol. The molecule has 0 saturated heterocycles. The SMILES string of the molecule is CN(C(=O)[C@@H](Br)CBr)c1ccc2c(O)c(N=Nc3cc(NC(=O)[C@H](Br)CBr)ccc3S(=O)(=O)O)c(S(=O)(=O)O)cc2c1. The van der Waals surface area contributed by atoms with Gasteiger partial charge in [-0.15, -0.1) is 10.2 Å². The van der Waals surface area contributed by atoms with Crippen molar-refractivity contribution in [2.24, 2.45) is 10.2 Å². The second kappa shape index (κ2) is 13.7. The van der Waals surface area contributed by atoms with Crippen LogP contribution in [-0.4, -0.2) is 70.2 Å². The molecule has 2 atom stereocenters. The number of nitrogens with zero attached hydrogens (tertiary/aromatic N) is 3. The molecule has 0 unspecified atom stereocenters. The minimum absolute atomic E-state index is 0.0568. The molecule has 0 aliphatic rings. The molecule has 0 radical (unpaired) electrons. The van der Waals surface area contributed by atoms with Crippen LogP contribution in [0, 0.1) is 0 Å². The molecule has 3 aromatic rings. The normalized spacial score (nSPS) is 13.7. The van der Waals surface area contributed by atoms with Crippen LogP contribution >= 0.6 is 63.7 Å².